The molecule has 1 heterocycles. The Morgan fingerprint density at radius 2 is 2.24 bits per heavy atom. The molecule has 1 saturated heterocycles. The monoisotopic (exact) mass is 273 g/mol. The largest absolute Gasteiger partial charge is 0.467 e. The van der Waals surface area contributed by atoms with Crippen LogP contribution in [0.3, 0.4) is 0 Å². The molecule has 0 amide bonds. The fourth-order valence-electron chi connectivity index (χ4n) is 2.15. The quantitative estimate of drug-likeness (QED) is 0.776. The summed E-state index contributed by atoms with van der Waals surface area (Å²) in [6.07, 6.45) is 1.73. The van der Waals surface area contributed by atoms with E-state index in [1.54, 1.807) is 6.07 Å². The summed E-state index contributed by atoms with van der Waals surface area (Å²) in [6.45, 7) is 0.791. The minimum absolute atomic E-state index is 0.224. The third-order valence-electron chi connectivity index (χ3n) is 2.97. The van der Waals surface area contributed by atoms with Crippen LogP contribution in [0.1, 0.15) is 12.8 Å². The number of benzene rings is 1. The number of nitrogens with zero attached hydrogens (tertiary/aromatic N) is 1. The molecule has 0 N–H and O–H groups in total. The normalized spacial score (nSPS) is 19.5. The molecule has 0 aliphatic carbocycles. The van der Waals surface area contributed by atoms with Crippen LogP contribution >= 0.6 is 23.2 Å². The maximum atomic E-state index is 11.7. The number of hydrogen-bond donors (Lipinski definition) is 0. The van der Waals surface area contributed by atoms with Crippen LogP contribution in [0.2, 0.25) is 10.0 Å². The minimum atomic E-state index is -0.254. The molecule has 5 heteroatoms. The van der Waals surface area contributed by atoms with E-state index in [2.05, 4.69) is 0 Å². The van der Waals surface area contributed by atoms with Gasteiger partial charge >= 0.3 is 5.97 Å². The summed E-state index contributed by atoms with van der Waals surface area (Å²) in [5, 5.41) is 0.990. The number of anilines is 1. The van der Waals surface area contributed by atoms with E-state index in [0.717, 1.165) is 25.1 Å². The van der Waals surface area contributed by atoms with Crippen molar-refractivity contribution in [3.63, 3.8) is 0 Å². The van der Waals surface area contributed by atoms with Gasteiger partial charge in [0.05, 0.1) is 22.8 Å². The van der Waals surface area contributed by atoms with Crippen molar-refractivity contribution in [1.82, 2.24) is 0 Å². The fraction of sp³-hybridized carbons (Fsp3) is 0.417. The van der Waals surface area contributed by atoms with Crippen molar-refractivity contribution in [3.05, 3.63) is 28.2 Å². The topological polar surface area (TPSA) is 29.5 Å². The van der Waals surface area contributed by atoms with Gasteiger partial charge in [0, 0.05) is 6.54 Å². The van der Waals surface area contributed by atoms with Gasteiger partial charge in [-0.1, -0.05) is 29.3 Å². The number of carbonyl (C=O) groups is 1. The highest BCUT2D eigenvalue weighted by Crippen LogP contribution is 2.36. The lowest BCUT2D eigenvalue weighted by molar-refractivity contribution is -0.141. The Morgan fingerprint density at radius 1 is 1.47 bits per heavy atom. The van der Waals surface area contributed by atoms with E-state index >= 15 is 0 Å². The number of esters is 1. The number of ether oxygens (including phenoxy) is 1. The van der Waals surface area contributed by atoms with E-state index in [1.165, 1.54) is 7.11 Å². The van der Waals surface area contributed by atoms with Crippen LogP contribution in [0.4, 0.5) is 5.69 Å². The van der Waals surface area contributed by atoms with Gasteiger partial charge in [0.25, 0.3) is 0 Å². The van der Waals surface area contributed by atoms with Crippen molar-refractivity contribution < 1.29 is 9.53 Å². The van der Waals surface area contributed by atoms with Crippen molar-refractivity contribution in [2.24, 2.45) is 0 Å². The van der Waals surface area contributed by atoms with E-state index in [1.807, 2.05) is 17.0 Å². The van der Waals surface area contributed by atoms with Crippen LogP contribution in [-0.4, -0.2) is 25.7 Å². The van der Waals surface area contributed by atoms with Crippen molar-refractivity contribution in [2.45, 2.75) is 18.9 Å². The highest BCUT2D eigenvalue weighted by molar-refractivity contribution is 6.43. The number of hydrogen-bond acceptors (Lipinski definition) is 3. The minimum Gasteiger partial charge on any atom is -0.467 e. The summed E-state index contributed by atoms with van der Waals surface area (Å²) in [7, 11) is 1.40. The van der Waals surface area contributed by atoms with Crippen LogP contribution in [0.5, 0.6) is 0 Å². The van der Waals surface area contributed by atoms with Crippen LogP contribution < -0.4 is 4.90 Å². The maximum Gasteiger partial charge on any atom is 0.328 e. The molecular weight excluding hydrogens is 261 g/mol. The summed E-state index contributed by atoms with van der Waals surface area (Å²) in [6, 6.07) is 5.18. The Hall–Kier alpha value is -0.930. The smallest absolute Gasteiger partial charge is 0.328 e. The molecule has 0 aromatic heterocycles. The van der Waals surface area contributed by atoms with E-state index in [0.29, 0.717) is 10.0 Å². The Balaban J connectivity index is 2.32. The zero-order valence-electron chi connectivity index (χ0n) is 9.45. The van der Waals surface area contributed by atoms with Crippen molar-refractivity contribution in [3.8, 4) is 0 Å². The molecule has 0 radical (unpaired) electrons. The van der Waals surface area contributed by atoms with Gasteiger partial charge in [-0.05, 0) is 25.0 Å². The lowest BCUT2D eigenvalue weighted by Crippen LogP contribution is -2.37. The summed E-state index contributed by atoms with van der Waals surface area (Å²) >= 11 is 12.1. The summed E-state index contributed by atoms with van der Waals surface area (Å²) in [5.74, 6) is -0.224. The Labute approximate surface area is 110 Å². The zero-order chi connectivity index (χ0) is 12.4. The van der Waals surface area contributed by atoms with Gasteiger partial charge in [-0.25, -0.2) is 4.79 Å². The first kappa shape index (κ1) is 12.5. The zero-order valence-corrected chi connectivity index (χ0v) is 11.0. The second-order valence-corrected chi connectivity index (χ2v) is 4.73. The van der Waals surface area contributed by atoms with Gasteiger partial charge < -0.3 is 9.64 Å². The predicted octanol–water partition coefficient (Wildman–Crippen LogP) is 3.14. The molecule has 0 bridgehead atoms. The van der Waals surface area contributed by atoms with Crippen LogP contribution in [0.25, 0.3) is 0 Å². The number of rotatable bonds is 2. The fourth-order valence-corrected chi connectivity index (χ4v) is 2.55. The van der Waals surface area contributed by atoms with Gasteiger partial charge in [-0.2, -0.15) is 0 Å². The summed E-state index contributed by atoms with van der Waals surface area (Å²) in [5.41, 5.74) is 0.798. The molecule has 1 aromatic rings. The Bertz CT molecular complexity index is 437. The first-order chi connectivity index (χ1) is 8.15. The number of carbonyl (C=O) groups excluding carboxylic acids is 1. The lowest BCUT2D eigenvalue weighted by atomic mass is 10.2. The molecule has 1 fully saturated rings. The van der Waals surface area contributed by atoms with Gasteiger partial charge in [-0.3, -0.25) is 0 Å². The molecular formula is C12H13Cl2NO2. The van der Waals surface area contributed by atoms with Crippen LogP contribution in [0, 0.1) is 0 Å². The third kappa shape index (κ3) is 2.35. The molecule has 1 aromatic carbocycles. The molecule has 17 heavy (non-hydrogen) atoms. The second-order valence-electron chi connectivity index (χ2n) is 3.95. The van der Waals surface area contributed by atoms with Gasteiger partial charge in [0.15, 0.2) is 0 Å². The standard InChI is InChI=1S/C12H13Cl2NO2/c1-17-12(16)10-6-3-7-15(10)9-5-2-4-8(13)11(9)14/h2,4-5,10H,3,6-7H2,1H3. The third-order valence-corrected chi connectivity index (χ3v) is 3.78. The molecule has 1 aliphatic rings. The maximum absolute atomic E-state index is 11.7. The Kier molecular flexibility index (Phi) is 3.79. The average molecular weight is 274 g/mol. The number of halogens is 2. The predicted molar refractivity (Wildman–Crippen MR) is 68.8 cm³/mol. The van der Waals surface area contributed by atoms with Gasteiger partial charge in [0.1, 0.15) is 6.04 Å². The van der Waals surface area contributed by atoms with Crippen molar-refractivity contribution >= 4 is 34.9 Å². The van der Waals surface area contributed by atoms with Gasteiger partial charge in [0.2, 0.25) is 0 Å². The molecule has 1 aliphatic heterocycles. The van der Waals surface area contributed by atoms with E-state index in [-0.39, 0.29) is 12.0 Å². The summed E-state index contributed by atoms with van der Waals surface area (Å²) in [4.78, 5) is 13.6. The van der Waals surface area contributed by atoms with Crippen LogP contribution in [0.15, 0.2) is 18.2 Å². The highest BCUT2D eigenvalue weighted by atomic mass is 35.5. The lowest BCUT2D eigenvalue weighted by Gasteiger charge is -2.25. The van der Waals surface area contributed by atoms with E-state index in [4.69, 9.17) is 27.9 Å². The first-order valence-corrected chi connectivity index (χ1v) is 6.19. The molecule has 1 atom stereocenters. The van der Waals surface area contributed by atoms with E-state index < -0.39 is 0 Å². The molecule has 0 saturated carbocycles. The second kappa shape index (κ2) is 5.15. The van der Waals surface area contributed by atoms with Crippen molar-refractivity contribution in [1.29, 1.82) is 0 Å². The molecule has 3 nitrogen and oxygen atoms in total. The molecule has 1 unspecified atom stereocenters. The number of methoxy groups -OCH3 is 1. The molecule has 2 rings (SSSR count). The first-order valence-electron chi connectivity index (χ1n) is 5.43. The van der Waals surface area contributed by atoms with Crippen molar-refractivity contribution in [2.75, 3.05) is 18.6 Å². The Morgan fingerprint density at radius 3 is 2.94 bits per heavy atom. The summed E-state index contributed by atoms with van der Waals surface area (Å²) < 4.78 is 4.80. The molecule has 0 spiro atoms. The van der Waals surface area contributed by atoms with E-state index in [9.17, 15) is 4.79 Å². The van der Waals surface area contributed by atoms with Crippen LogP contribution in [-0.2, 0) is 9.53 Å². The SMILES string of the molecule is COC(=O)C1CCCN1c1cccc(Cl)c1Cl. The average Bonchev–Trinajstić information content (AvgIpc) is 2.80. The molecule has 92 valence electrons. The highest BCUT2D eigenvalue weighted by Gasteiger charge is 2.32. The van der Waals surface area contributed by atoms with Gasteiger partial charge in [-0.15, -0.1) is 0 Å².